The van der Waals surface area contributed by atoms with Gasteiger partial charge in [0.1, 0.15) is 17.9 Å². The van der Waals surface area contributed by atoms with Crippen LogP contribution in [0.4, 0.5) is 0 Å². The van der Waals surface area contributed by atoms with E-state index in [0.29, 0.717) is 13.0 Å². The van der Waals surface area contributed by atoms with Crippen molar-refractivity contribution < 1.29 is 14.3 Å². The molecule has 0 radical (unpaired) electrons. The van der Waals surface area contributed by atoms with E-state index in [1.807, 2.05) is 31.2 Å². The molecule has 0 unspecified atom stereocenters. The number of carbonyl (C=O) groups excluding carboxylic acids is 1. The molecule has 4 nitrogen and oxygen atoms in total. The largest absolute Gasteiger partial charge is 0.489 e. The van der Waals surface area contributed by atoms with Crippen molar-refractivity contribution in [2.24, 2.45) is 0 Å². The molecule has 0 amide bonds. The number of benzene rings is 1. The molecule has 0 aliphatic carbocycles. The van der Waals surface area contributed by atoms with Crippen molar-refractivity contribution in [2.45, 2.75) is 25.5 Å². The lowest BCUT2D eigenvalue weighted by Gasteiger charge is -2.14. The number of hydrogen-bond donors (Lipinski definition) is 1. The summed E-state index contributed by atoms with van der Waals surface area (Å²) < 4.78 is 10.6. The standard InChI is InChI=1S/C13H17NO3/c1-9-5-3-4-6-12(9)17-10-7-11(14-8-10)13(15)16-2/h3-6,10-11,14H,7-8H2,1-2H3/t10-,11-/m0/s1. The molecule has 1 saturated heterocycles. The van der Waals surface area contributed by atoms with Gasteiger partial charge in [0.05, 0.1) is 7.11 Å². The summed E-state index contributed by atoms with van der Waals surface area (Å²) in [7, 11) is 1.40. The first-order chi connectivity index (χ1) is 8.20. The van der Waals surface area contributed by atoms with E-state index in [2.05, 4.69) is 5.32 Å². The van der Waals surface area contributed by atoms with E-state index >= 15 is 0 Å². The highest BCUT2D eigenvalue weighted by atomic mass is 16.5. The second-order valence-electron chi connectivity index (χ2n) is 4.23. The molecule has 17 heavy (non-hydrogen) atoms. The molecule has 1 fully saturated rings. The molecule has 1 N–H and O–H groups in total. The van der Waals surface area contributed by atoms with Crippen molar-refractivity contribution in [1.29, 1.82) is 0 Å². The van der Waals surface area contributed by atoms with E-state index in [-0.39, 0.29) is 18.1 Å². The Kier molecular flexibility index (Phi) is 3.64. The third-order valence-electron chi connectivity index (χ3n) is 2.96. The lowest BCUT2D eigenvalue weighted by Crippen LogP contribution is -2.31. The number of methoxy groups -OCH3 is 1. The van der Waals surface area contributed by atoms with Gasteiger partial charge in [-0.05, 0) is 18.6 Å². The Balaban J connectivity index is 1.94. The minimum Gasteiger partial charge on any atom is -0.489 e. The minimum absolute atomic E-state index is 0.0280. The number of aryl methyl sites for hydroxylation is 1. The first-order valence-electron chi connectivity index (χ1n) is 5.74. The molecular formula is C13H17NO3. The average molecular weight is 235 g/mol. The SMILES string of the molecule is COC(=O)[C@@H]1C[C@H](Oc2ccccc2C)CN1. The summed E-state index contributed by atoms with van der Waals surface area (Å²) in [5.74, 6) is 0.658. The summed E-state index contributed by atoms with van der Waals surface area (Å²) in [6, 6.07) is 7.64. The van der Waals surface area contributed by atoms with Crippen LogP contribution in [0.15, 0.2) is 24.3 Å². The predicted molar refractivity (Wildman–Crippen MR) is 64.0 cm³/mol. The van der Waals surface area contributed by atoms with Crippen LogP contribution in [0.2, 0.25) is 0 Å². The van der Waals surface area contributed by atoms with Crippen LogP contribution in [0.1, 0.15) is 12.0 Å². The van der Waals surface area contributed by atoms with Crippen LogP contribution in [-0.4, -0.2) is 31.8 Å². The van der Waals surface area contributed by atoms with Crippen molar-refractivity contribution in [3.05, 3.63) is 29.8 Å². The van der Waals surface area contributed by atoms with Gasteiger partial charge in [0.25, 0.3) is 0 Å². The molecule has 0 aromatic heterocycles. The summed E-state index contributed by atoms with van der Waals surface area (Å²) in [5.41, 5.74) is 1.11. The van der Waals surface area contributed by atoms with Crippen LogP contribution in [-0.2, 0) is 9.53 Å². The van der Waals surface area contributed by atoms with Gasteiger partial charge in [0, 0.05) is 13.0 Å². The van der Waals surface area contributed by atoms with Crippen molar-refractivity contribution in [2.75, 3.05) is 13.7 Å². The highest BCUT2D eigenvalue weighted by Gasteiger charge is 2.31. The molecule has 0 saturated carbocycles. The molecular weight excluding hydrogens is 218 g/mol. The molecule has 2 rings (SSSR count). The Morgan fingerprint density at radius 1 is 1.41 bits per heavy atom. The van der Waals surface area contributed by atoms with Crippen LogP contribution >= 0.6 is 0 Å². The summed E-state index contributed by atoms with van der Waals surface area (Å²) in [6.45, 7) is 2.68. The maximum Gasteiger partial charge on any atom is 0.323 e. The summed E-state index contributed by atoms with van der Waals surface area (Å²) in [6.07, 6.45) is 0.682. The van der Waals surface area contributed by atoms with Crippen LogP contribution in [0, 0.1) is 6.92 Å². The maximum atomic E-state index is 11.3. The third-order valence-corrected chi connectivity index (χ3v) is 2.96. The van der Waals surface area contributed by atoms with Crippen molar-refractivity contribution in [3.63, 3.8) is 0 Å². The van der Waals surface area contributed by atoms with Crippen LogP contribution < -0.4 is 10.1 Å². The Morgan fingerprint density at radius 2 is 2.18 bits per heavy atom. The number of para-hydroxylation sites is 1. The summed E-state index contributed by atoms with van der Waals surface area (Å²) >= 11 is 0. The lowest BCUT2D eigenvalue weighted by atomic mass is 10.2. The normalized spacial score (nSPS) is 23.4. The third kappa shape index (κ3) is 2.77. The zero-order valence-corrected chi connectivity index (χ0v) is 10.1. The number of ether oxygens (including phenoxy) is 2. The van der Waals surface area contributed by atoms with Crippen LogP contribution in [0.25, 0.3) is 0 Å². The predicted octanol–water partition coefficient (Wildman–Crippen LogP) is 1.28. The molecule has 1 aromatic rings. The fourth-order valence-electron chi connectivity index (χ4n) is 1.98. The molecule has 1 aromatic carbocycles. The minimum atomic E-state index is -0.242. The van der Waals surface area contributed by atoms with E-state index in [0.717, 1.165) is 11.3 Å². The molecule has 2 atom stereocenters. The van der Waals surface area contributed by atoms with Gasteiger partial charge in [-0.3, -0.25) is 4.79 Å². The van der Waals surface area contributed by atoms with E-state index in [1.165, 1.54) is 7.11 Å². The summed E-state index contributed by atoms with van der Waals surface area (Å²) in [4.78, 5) is 11.3. The molecule has 92 valence electrons. The Bertz CT molecular complexity index is 405. The van der Waals surface area contributed by atoms with Gasteiger partial charge < -0.3 is 14.8 Å². The van der Waals surface area contributed by atoms with Gasteiger partial charge in [0.2, 0.25) is 0 Å². The van der Waals surface area contributed by atoms with E-state index in [9.17, 15) is 4.79 Å². The highest BCUT2D eigenvalue weighted by molar-refractivity contribution is 5.76. The number of carbonyl (C=O) groups is 1. The van der Waals surface area contributed by atoms with Gasteiger partial charge in [-0.15, -0.1) is 0 Å². The van der Waals surface area contributed by atoms with E-state index in [4.69, 9.17) is 9.47 Å². The zero-order chi connectivity index (χ0) is 12.3. The smallest absolute Gasteiger partial charge is 0.323 e. The highest BCUT2D eigenvalue weighted by Crippen LogP contribution is 2.21. The molecule has 4 heteroatoms. The fourth-order valence-corrected chi connectivity index (χ4v) is 1.98. The van der Waals surface area contributed by atoms with Crippen LogP contribution in [0.5, 0.6) is 5.75 Å². The Labute approximate surface area is 101 Å². The first kappa shape index (κ1) is 11.9. The van der Waals surface area contributed by atoms with Gasteiger partial charge in [-0.2, -0.15) is 0 Å². The van der Waals surface area contributed by atoms with Crippen LogP contribution in [0.3, 0.4) is 0 Å². The number of hydrogen-bond acceptors (Lipinski definition) is 4. The van der Waals surface area contributed by atoms with Crippen molar-refractivity contribution in [1.82, 2.24) is 5.32 Å². The second-order valence-corrected chi connectivity index (χ2v) is 4.23. The average Bonchev–Trinajstić information content (AvgIpc) is 2.80. The monoisotopic (exact) mass is 235 g/mol. The molecule has 0 bridgehead atoms. The second kappa shape index (κ2) is 5.19. The van der Waals surface area contributed by atoms with E-state index < -0.39 is 0 Å². The van der Waals surface area contributed by atoms with E-state index in [1.54, 1.807) is 0 Å². The molecule has 0 spiro atoms. The fraction of sp³-hybridized carbons (Fsp3) is 0.462. The summed E-state index contributed by atoms with van der Waals surface area (Å²) in [5, 5.41) is 3.10. The van der Waals surface area contributed by atoms with Gasteiger partial charge in [-0.25, -0.2) is 0 Å². The maximum absolute atomic E-state index is 11.3. The quantitative estimate of drug-likeness (QED) is 0.802. The topological polar surface area (TPSA) is 47.6 Å². The molecule has 1 aliphatic rings. The molecule has 1 heterocycles. The van der Waals surface area contributed by atoms with Gasteiger partial charge in [-0.1, -0.05) is 18.2 Å². The number of rotatable bonds is 3. The zero-order valence-electron chi connectivity index (χ0n) is 10.1. The van der Waals surface area contributed by atoms with Gasteiger partial charge >= 0.3 is 5.97 Å². The van der Waals surface area contributed by atoms with Crippen molar-refractivity contribution in [3.8, 4) is 5.75 Å². The lowest BCUT2D eigenvalue weighted by molar-refractivity contribution is -0.142. The molecule has 1 aliphatic heterocycles. The number of esters is 1. The van der Waals surface area contributed by atoms with Crippen molar-refractivity contribution >= 4 is 5.97 Å². The Morgan fingerprint density at radius 3 is 2.88 bits per heavy atom. The van der Waals surface area contributed by atoms with Gasteiger partial charge in [0.15, 0.2) is 0 Å². The Hall–Kier alpha value is -1.55. The first-order valence-corrected chi connectivity index (χ1v) is 5.74. The number of nitrogens with one attached hydrogen (secondary N) is 1.